The predicted molar refractivity (Wildman–Crippen MR) is 131 cm³/mol. The number of allylic oxidation sites excluding steroid dienone is 8. The minimum Gasteiger partial charge on any atom is -0.368 e. The molecule has 158 valence electrons. The third kappa shape index (κ3) is 5.04. The molecule has 2 nitrogen and oxygen atoms in total. The maximum atomic E-state index is 9.62. The van der Waals surface area contributed by atoms with Gasteiger partial charge in [0.15, 0.2) is 6.29 Å². The molecule has 0 saturated carbocycles. The number of hydrogen-bond acceptors (Lipinski definition) is 2. The molecule has 0 fully saturated rings. The lowest BCUT2D eigenvalue weighted by Gasteiger charge is -2.28. The Bertz CT molecular complexity index is 1110. The molecule has 1 atom stereocenters. The molecule has 2 N–H and O–H groups in total. The molecule has 1 unspecified atom stereocenters. The van der Waals surface area contributed by atoms with E-state index in [1.165, 1.54) is 27.1 Å². The van der Waals surface area contributed by atoms with Crippen molar-refractivity contribution in [3.8, 4) is 0 Å². The zero-order valence-corrected chi connectivity index (χ0v) is 17.8. The first-order chi connectivity index (χ1) is 15.3. The van der Waals surface area contributed by atoms with Gasteiger partial charge in [0, 0.05) is 5.92 Å². The minimum absolute atomic E-state index is 0.148. The normalized spacial score (nSPS) is 18.1. The summed E-state index contributed by atoms with van der Waals surface area (Å²) in [4.78, 5) is 0. The molecule has 0 saturated heterocycles. The zero-order chi connectivity index (χ0) is 21.5. The second kappa shape index (κ2) is 10.4. The Labute approximate surface area is 184 Å². The van der Waals surface area contributed by atoms with E-state index in [1.54, 1.807) is 0 Å². The number of rotatable bonds is 1. The lowest BCUT2D eigenvalue weighted by atomic mass is 9.79. The molecule has 3 aromatic carbocycles. The smallest absolute Gasteiger partial charge is 0.158 e. The number of aryl methyl sites for hydroxylation is 1. The summed E-state index contributed by atoms with van der Waals surface area (Å²) in [5, 5.41) is 24.3. The summed E-state index contributed by atoms with van der Waals surface area (Å²) in [6, 6.07) is 17.0. The summed E-state index contributed by atoms with van der Waals surface area (Å²) in [6.07, 6.45) is 20.6. The molecule has 0 aromatic heterocycles. The lowest BCUT2D eigenvalue weighted by Crippen LogP contribution is -2.22. The Morgan fingerprint density at radius 2 is 1.32 bits per heavy atom. The van der Waals surface area contributed by atoms with Gasteiger partial charge in [-0.2, -0.15) is 0 Å². The van der Waals surface area contributed by atoms with Crippen LogP contribution in [0.3, 0.4) is 0 Å². The van der Waals surface area contributed by atoms with Gasteiger partial charge in [-0.1, -0.05) is 97.1 Å². The predicted octanol–water partition coefficient (Wildman–Crippen LogP) is 6.73. The molecule has 0 spiro atoms. The van der Waals surface area contributed by atoms with Crippen molar-refractivity contribution in [3.05, 3.63) is 108 Å². The fourth-order valence-corrected chi connectivity index (χ4v) is 4.54. The first kappa shape index (κ1) is 21.3. The van der Waals surface area contributed by atoms with E-state index >= 15 is 0 Å². The van der Waals surface area contributed by atoms with Gasteiger partial charge in [-0.05, 0) is 64.8 Å². The van der Waals surface area contributed by atoms with Crippen LogP contribution in [0, 0.1) is 0 Å². The van der Waals surface area contributed by atoms with Crippen LogP contribution in [0.15, 0.2) is 97.1 Å². The van der Waals surface area contributed by atoms with E-state index in [9.17, 15) is 10.2 Å². The summed E-state index contributed by atoms with van der Waals surface area (Å²) < 4.78 is 0. The molecule has 6 rings (SSSR count). The van der Waals surface area contributed by atoms with Crippen molar-refractivity contribution >= 4 is 21.5 Å². The number of hydrogen-bond donors (Lipinski definition) is 2. The van der Waals surface area contributed by atoms with E-state index in [4.69, 9.17) is 0 Å². The van der Waals surface area contributed by atoms with Gasteiger partial charge in [0.1, 0.15) is 0 Å². The quantitative estimate of drug-likeness (QED) is 0.345. The molecular formula is C29H30O2. The second-order valence-corrected chi connectivity index (χ2v) is 8.11. The van der Waals surface area contributed by atoms with E-state index in [2.05, 4.69) is 97.1 Å². The average molecular weight is 411 g/mol. The molecule has 3 aliphatic rings. The highest BCUT2D eigenvalue weighted by Crippen LogP contribution is 2.39. The van der Waals surface area contributed by atoms with Gasteiger partial charge in [0.2, 0.25) is 0 Å². The van der Waals surface area contributed by atoms with Crippen molar-refractivity contribution in [1.29, 1.82) is 0 Å². The fourth-order valence-electron chi connectivity index (χ4n) is 4.54. The summed E-state index contributed by atoms with van der Waals surface area (Å²) >= 11 is 0. The van der Waals surface area contributed by atoms with Gasteiger partial charge in [-0.15, -0.1) is 0 Å². The Morgan fingerprint density at radius 3 is 1.94 bits per heavy atom. The molecule has 2 heteroatoms. The SMILES string of the molecule is C1=CCC=C1.C1=CCC=C1.OC(O)C1CCCc2c1ccc1c2ccc2ccccc21. The molecule has 0 radical (unpaired) electrons. The number of fused-ring (bicyclic) bond motifs is 5. The van der Waals surface area contributed by atoms with Crippen LogP contribution in [0.5, 0.6) is 0 Å². The number of benzene rings is 3. The van der Waals surface area contributed by atoms with E-state index < -0.39 is 6.29 Å². The van der Waals surface area contributed by atoms with Crippen LogP contribution in [0.2, 0.25) is 0 Å². The summed E-state index contributed by atoms with van der Waals surface area (Å²) in [5.74, 6) is -0.148. The largest absolute Gasteiger partial charge is 0.368 e. The third-order valence-electron chi connectivity index (χ3n) is 6.09. The molecule has 3 aliphatic carbocycles. The van der Waals surface area contributed by atoms with Crippen molar-refractivity contribution in [3.63, 3.8) is 0 Å². The Kier molecular flexibility index (Phi) is 7.14. The van der Waals surface area contributed by atoms with E-state index in [0.29, 0.717) is 0 Å². The van der Waals surface area contributed by atoms with Gasteiger partial charge >= 0.3 is 0 Å². The Hall–Kier alpha value is -2.94. The number of aliphatic hydroxyl groups excluding tert-OH is 1. The molecular weight excluding hydrogens is 380 g/mol. The maximum absolute atomic E-state index is 9.62. The van der Waals surface area contributed by atoms with E-state index in [0.717, 1.165) is 37.7 Å². The van der Waals surface area contributed by atoms with E-state index in [1.807, 2.05) is 0 Å². The minimum atomic E-state index is -1.26. The first-order valence-corrected chi connectivity index (χ1v) is 11.2. The van der Waals surface area contributed by atoms with Crippen LogP contribution in [-0.2, 0) is 6.42 Å². The highest BCUT2D eigenvalue weighted by Gasteiger charge is 2.26. The standard InChI is InChI=1S/C19H18O2.2C5H6/c20-19(21)18-7-3-6-14-16-9-8-12-4-1-2-5-13(12)15(16)10-11-17(14)18;2*1-2-4-5-3-1/h1-2,4-5,8-11,18-21H,3,6-7H2;2*1-4H,5H2. The topological polar surface area (TPSA) is 40.5 Å². The molecule has 31 heavy (non-hydrogen) atoms. The summed E-state index contributed by atoms with van der Waals surface area (Å²) in [7, 11) is 0. The van der Waals surface area contributed by atoms with Crippen molar-refractivity contribution in [2.75, 3.05) is 0 Å². The molecule has 0 amide bonds. The van der Waals surface area contributed by atoms with Crippen molar-refractivity contribution in [1.82, 2.24) is 0 Å². The highest BCUT2D eigenvalue weighted by atomic mass is 16.5. The van der Waals surface area contributed by atoms with E-state index in [-0.39, 0.29) is 5.92 Å². The summed E-state index contributed by atoms with van der Waals surface area (Å²) in [6.45, 7) is 0. The van der Waals surface area contributed by atoms with Crippen molar-refractivity contribution in [2.45, 2.75) is 44.3 Å². The fraction of sp³-hybridized carbons (Fsp3) is 0.241. The van der Waals surface area contributed by atoms with Gasteiger partial charge in [0.25, 0.3) is 0 Å². The molecule has 0 heterocycles. The van der Waals surface area contributed by atoms with Crippen LogP contribution in [-0.4, -0.2) is 16.5 Å². The van der Waals surface area contributed by atoms with Crippen LogP contribution < -0.4 is 0 Å². The molecule has 0 bridgehead atoms. The maximum Gasteiger partial charge on any atom is 0.158 e. The molecule has 3 aromatic rings. The monoisotopic (exact) mass is 410 g/mol. The Balaban J connectivity index is 0.000000189. The highest BCUT2D eigenvalue weighted by molar-refractivity contribution is 6.08. The zero-order valence-electron chi connectivity index (χ0n) is 17.8. The van der Waals surface area contributed by atoms with Gasteiger partial charge < -0.3 is 10.2 Å². The van der Waals surface area contributed by atoms with Crippen LogP contribution in [0.4, 0.5) is 0 Å². The summed E-state index contributed by atoms with van der Waals surface area (Å²) in [5.41, 5.74) is 2.40. The number of aliphatic hydroxyl groups is 2. The van der Waals surface area contributed by atoms with Gasteiger partial charge in [-0.25, -0.2) is 0 Å². The average Bonchev–Trinajstić information content (AvgIpc) is 3.57. The Morgan fingerprint density at radius 1 is 0.677 bits per heavy atom. The van der Waals surface area contributed by atoms with Gasteiger partial charge in [0.05, 0.1) is 0 Å². The molecule has 0 aliphatic heterocycles. The lowest BCUT2D eigenvalue weighted by molar-refractivity contribution is -0.0636. The second-order valence-electron chi connectivity index (χ2n) is 8.11. The van der Waals surface area contributed by atoms with Crippen LogP contribution in [0.25, 0.3) is 21.5 Å². The van der Waals surface area contributed by atoms with Crippen LogP contribution in [0.1, 0.15) is 42.7 Å². The van der Waals surface area contributed by atoms with Crippen molar-refractivity contribution < 1.29 is 10.2 Å². The van der Waals surface area contributed by atoms with Crippen molar-refractivity contribution in [2.24, 2.45) is 0 Å². The first-order valence-electron chi connectivity index (χ1n) is 11.2. The van der Waals surface area contributed by atoms with Gasteiger partial charge in [-0.3, -0.25) is 0 Å². The van der Waals surface area contributed by atoms with Crippen LogP contribution >= 0.6 is 0 Å². The third-order valence-corrected chi connectivity index (χ3v) is 6.09.